The molecule has 0 N–H and O–H groups in total. The maximum absolute atomic E-state index is 5.91. The fourth-order valence-electron chi connectivity index (χ4n) is 2.03. The lowest BCUT2D eigenvalue weighted by atomic mass is 10.1. The van der Waals surface area contributed by atoms with Crippen LogP contribution in [0.2, 0.25) is 0 Å². The zero-order valence-corrected chi connectivity index (χ0v) is 9.45. The summed E-state index contributed by atoms with van der Waals surface area (Å²) in [4.78, 5) is 0. The van der Waals surface area contributed by atoms with Gasteiger partial charge in [-0.15, -0.1) is 0 Å². The lowest BCUT2D eigenvalue weighted by Crippen LogP contribution is -2.00. The molecule has 2 aromatic carbocycles. The molecule has 2 atom stereocenters. The van der Waals surface area contributed by atoms with Crippen molar-refractivity contribution in [2.75, 3.05) is 6.61 Å². The van der Waals surface area contributed by atoms with Gasteiger partial charge in [-0.1, -0.05) is 60.7 Å². The van der Waals surface area contributed by atoms with E-state index in [2.05, 4.69) is 12.1 Å². The highest BCUT2D eigenvalue weighted by Crippen LogP contribution is 2.34. The van der Waals surface area contributed by atoms with E-state index in [-0.39, 0.29) is 12.4 Å². The minimum Gasteiger partial charge on any atom is -0.345 e. The first kappa shape index (κ1) is 10.5. The number of hydrogen-bond acceptors (Lipinski definition) is 2. The SMILES string of the molecule is c1ccc([C@@H]2OC[C@H](c3ccccc3)O2)cc1. The predicted octanol–water partition coefficient (Wildman–Crippen LogP) is 3.47. The van der Waals surface area contributed by atoms with E-state index in [0.717, 1.165) is 5.56 Å². The van der Waals surface area contributed by atoms with Crippen molar-refractivity contribution < 1.29 is 9.47 Å². The first-order valence-corrected chi connectivity index (χ1v) is 5.80. The zero-order valence-electron chi connectivity index (χ0n) is 9.45. The molecule has 0 spiro atoms. The summed E-state index contributed by atoms with van der Waals surface area (Å²) in [6, 6.07) is 20.2. The van der Waals surface area contributed by atoms with E-state index in [1.807, 2.05) is 48.5 Å². The van der Waals surface area contributed by atoms with Crippen LogP contribution < -0.4 is 0 Å². The molecule has 0 aromatic heterocycles. The van der Waals surface area contributed by atoms with E-state index in [0.29, 0.717) is 6.61 Å². The lowest BCUT2D eigenvalue weighted by Gasteiger charge is -2.11. The Bertz CT molecular complexity index is 421. The van der Waals surface area contributed by atoms with Crippen molar-refractivity contribution in [2.45, 2.75) is 12.4 Å². The van der Waals surface area contributed by atoms with Crippen molar-refractivity contribution in [3.63, 3.8) is 0 Å². The van der Waals surface area contributed by atoms with E-state index in [1.54, 1.807) is 0 Å². The third-order valence-electron chi connectivity index (χ3n) is 2.93. The number of hydrogen-bond donors (Lipinski definition) is 0. The highest BCUT2D eigenvalue weighted by Gasteiger charge is 2.27. The molecular formula is C15H14O2. The van der Waals surface area contributed by atoms with Crippen LogP contribution in [-0.2, 0) is 9.47 Å². The molecule has 0 radical (unpaired) electrons. The standard InChI is InChI=1S/C15H14O2/c1-3-7-12(8-4-1)14-11-16-15(17-14)13-9-5-2-6-10-13/h1-10,14-15H,11H2/t14-,15-/m1/s1. The minimum absolute atomic E-state index is 0.0430. The smallest absolute Gasteiger partial charge is 0.184 e. The van der Waals surface area contributed by atoms with Crippen molar-refractivity contribution >= 4 is 0 Å². The zero-order chi connectivity index (χ0) is 11.5. The van der Waals surface area contributed by atoms with Crippen LogP contribution in [0, 0.1) is 0 Å². The van der Waals surface area contributed by atoms with Crippen LogP contribution in [0.1, 0.15) is 23.5 Å². The van der Waals surface area contributed by atoms with Gasteiger partial charge in [-0.05, 0) is 5.56 Å². The van der Waals surface area contributed by atoms with E-state index in [9.17, 15) is 0 Å². The Kier molecular flexibility index (Phi) is 2.90. The molecule has 17 heavy (non-hydrogen) atoms. The fraction of sp³-hybridized carbons (Fsp3) is 0.200. The van der Waals surface area contributed by atoms with Crippen LogP contribution in [0.15, 0.2) is 60.7 Å². The first-order chi connectivity index (χ1) is 8.43. The quantitative estimate of drug-likeness (QED) is 0.780. The van der Waals surface area contributed by atoms with E-state index in [1.165, 1.54) is 5.56 Å². The summed E-state index contributed by atoms with van der Waals surface area (Å²) >= 11 is 0. The van der Waals surface area contributed by atoms with Crippen molar-refractivity contribution in [1.82, 2.24) is 0 Å². The van der Waals surface area contributed by atoms with Crippen LogP contribution >= 0.6 is 0 Å². The summed E-state index contributed by atoms with van der Waals surface area (Å²) in [5.41, 5.74) is 2.25. The van der Waals surface area contributed by atoms with Crippen LogP contribution in [-0.4, -0.2) is 6.61 Å². The van der Waals surface area contributed by atoms with E-state index >= 15 is 0 Å². The van der Waals surface area contributed by atoms with Crippen LogP contribution in [0.5, 0.6) is 0 Å². The Morgan fingerprint density at radius 3 is 2.00 bits per heavy atom. The summed E-state index contributed by atoms with van der Waals surface area (Å²) in [7, 11) is 0. The molecule has 0 aliphatic carbocycles. The second kappa shape index (κ2) is 4.70. The first-order valence-electron chi connectivity index (χ1n) is 5.80. The molecule has 0 saturated carbocycles. The largest absolute Gasteiger partial charge is 0.345 e. The Balaban J connectivity index is 1.75. The Morgan fingerprint density at radius 2 is 1.35 bits per heavy atom. The second-order valence-corrected chi connectivity index (χ2v) is 4.11. The topological polar surface area (TPSA) is 18.5 Å². The molecule has 1 aliphatic rings. The normalized spacial score (nSPS) is 23.8. The van der Waals surface area contributed by atoms with Gasteiger partial charge in [0.1, 0.15) is 6.10 Å². The summed E-state index contributed by atoms with van der Waals surface area (Å²) in [5, 5.41) is 0. The molecule has 0 amide bonds. The van der Waals surface area contributed by atoms with Crippen molar-refractivity contribution in [3.05, 3.63) is 71.8 Å². The van der Waals surface area contributed by atoms with Gasteiger partial charge in [0.15, 0.2) is 6.29 Å². The van der Waals surface area contributed by atoms with Gasteiger partial charge in [0, 0.05) is 5.56 Å². The predicted molar refractivity (Wildman–Crippen MR) is 65.4 cm³/mol. The molecule has 0 unspecified atom stereocenters. The molecule has 1 aliphatic heterocycles. The van der Waals surface area contributed by atoms with E-state index < -0.39 is 0 Å². The lowest BCUT2D eigenvalue weighted by molar-refractivity contribution is -0.0607. The average molecular weight is 226 g/mol. The maximum Gasteiger partial charge on any atom is 0.184 e. The Hall–Kier alpha value is -1.64. The summed E-state index contributed by atoms with van der Waals surface area (Å²) in [5.74, 6) is 0. The maximum atomic E-state index is 5.91. The Labute approximate surface area is 101 Å². The monoisotopic (exact) mass is 226 g/mol. The van der Waals surface area contributed by atoms with Gasteiger partial charge in [-0.25, -0.2) is 0 Å². The average Bonchev–Trinajstić information content (AvgIpc) is 2.90. The summed E-state index contributed by atoms with van der Waals surface area (Å²) < 4.78 is 11.6. The molecule has 0 bridgehead atoms. The molecule has 1 heterocycles. The van der Waals surface area contributed by atoms with Gasteiger partial charge in [0.25, 0.3) is 0 Å². The van der Waals surface area contributed by atoms with Gasteiger partial charge in [-0.2, -0.15) is 0 Å². The third-order valence-corrected chi connectivity index (χ3v) is 2.93. The molecule has 3 rings (SSSR count). The number of rotatable bonds is 2. The fourth-order valence-corrected chi connectivity index (χ4v) is 2.03. The van der Waals surface area contributed by atoms with Crippen LogP contribution in [0.4, 0.5) is 0 Å². The van der Waals surface area contributed by atoms with Crippen molar-refractivity contribution in [3.8, 4) is 0 Å². The Morgan fingerprint density at radius 1 is 0.765 bits per heavy atom. The minimum atomic E-state index is -0.235. The summed E-state index contributed by atoms with van der Waals surface area (Å²) in [6.07, 6.45) is -0.192. The molecule has 2 aromatic rings. The second-order valence-electron chi connectivity index (χ2n) is 4.11. The molecular weight excluding hydrogens is 212 g/mol. The molecule has 2 heteroatoms. The van der Waals surface area contributed by atoms with Gasteiger partial charge in [0.2, 0.25) is 0 Å². The highest BCUT2D eigenvalue weighted by molar-refractivity contribution is 5.20. The van der Waals surface area contributed by atoms with Gasteiger partial charge < -0.3 is 9.47 Å². The van der Waals surface area contributed by atoms with Gasteiger partial charge >= 0.3 is 0 Å². The van der Waals surface area contributed by atoms with Gasteiger partial charge in [-0.3, -0.25) is 0 Å². The number of benzene rings is 2. The number of ether oxygens (including phenoxy) is 2. The third kappa shape index (κ3) is 2.23. The van der Waals surface area contributed by atoms with Crippen molar-refractivity contribution in [1.29, 1.82) is 0 Å². The molecule has 86 valence electrons. The van der Waals surface area contributed by atoms with Crippen LogP contribution in [0.25, 0.3) is 0 Å². The van der Waals surface area contributed by atoms with Gasteiger partial charge in [0.05, 0.1) is 6.61 Å². The highest BCUT2D eigenvalue weighted by atomic mass is 16.7. The molecule has 2 nitrogen and oxygen atoms in total. The van der Waals surface area contributed by atoms with Crippen LogP contribution in [0.3, 0.4) is 0 Å². The van der Waals surface area contributed by atoms with Crippen molar-refractivity contribution in [2.24, 2.45) is 0 Å². The summed E-state index contributed by atoms with van der Waals surface area (Å²) in [6.45, 7) is 0.615. The molecule has 1 saturated heterocycles. The molecule has 1 fully saturated rings. The van der Waals surface area contributed by atoms with E-state index in [4.69, 9.17) is 9.47 Å².